The van der Waals surface area contributed by atoms with Crippen LogP contribution in [0.3, 0.4) is 0 Å². The van der Waals surface area contributed by atoms with Crippen molar-refractivity contribution in [3.63, 3.8) is 0 Å². The molecule has 0 saturated carbocycles. The van der Waals surface area contributed by atoms with Crippen LogP contribution in [-0.2, 0) is 0 Å². The van der Waals surface area contributed by atoms with Crippen molar-refractivity contribution >= 4 is 41.4 Å². The molecule has 0 atom stereocenters. The van der Waals surface area contributed by atoms with E-state index in [1.807, 2.05) is 0 Å². The minimum atomic E-state index is 0. The molecule has 0 N–H and O–H groups in total. The second-order valence-corrected chi connectivity index (χ2v) is 7.62. The Labute approximate surface area is 123 Å². The average molecular weight is 309 g/mol. The Bertz CT molecular complexity index is 104. The SMILES string of the molecule is CCCC[C]([Sn])(CCCC)CCCC.[Li]. The van der Waals surface area contributed by atoms with E-state index < -0.39 is 0 Å². The molecule has 0 aliphatic carbocycles. The fourth-order valence-electron chi connectivity index (χ4n) is 1.92. The molecule has 0 aromatic carbocycles. The van der Waals surface area contributed by atoms with E-state index in [1.54, 1.807) is 22.5 Å². The van der Waals surface area contributed by atoms with E-state index in [9.17, 15) is 0 Å². The van der Waals surface area contributed by atoms with Crippen molar-refractivity contribution in [2.24, 2.45) is 0 Å². The van der Waals surface area contributed by atoms with E-state index >= 15 is 0 Å². The Balaban J connectivity index is 0. The second-order valence-electron chi connectivity index (χ2n) is 4.59. The molecule has 0 heterocycles. The summed E-state index contributed by atoms with van der Waals surface area (Å²) in [7, 11) is 0. The monoisotopic (exact) mass is 310 g/mol. The van der Waals surface area contributed by atoms with Gasteiger partial charge in [0, 0.05) is 18.9 Å². The third-order valence-electron chi connectivity index (χ3n) is 3.03. The summed E-state index contributed by atoms with van der Waals surface area (Å²) in [5.41, 5.74) is 0. The summed E-state index contributed by atoms with van der Waals surface area (Å²) >= 11 is 1.80. The summed E-state index contributed by atoms with van der Waals surface area (Å²) in [5, 5.41) is 0. The Morgan fingerprint density at radius 2 is 1.00 bits per heavy atom. The van der Waals surface area contributed by atoms with Crippen LogP contribution in [0.5, 0.6) is 0 Å². The standard InChI is InChI=1S/C13H27.Li.Sn/c1-4-7-10-13(11-8-5-2)12-9-6-3;;/h4-12H2,1-3H3;;. The van der Waals surface area contributed by atoms with Gasteiger partial charge in [0.2, 0.25) is 0 Å². The van der Waals surface area contributed by atoms with Gasteiger partial charge in [0.15, 0.2) is 0 Å². The Kier molecular flexibility index (Phi) is 14.8. The molecule has 0 rings (SSSR count). The van der Waals surface area contributed by atoms with E-state index in [4.69, 9.17) is 0 Å². The number of unbranched alkanes of at least 4 members (excludes halogenated alkanes) is 3. The Morgan fingerprint density at radius 3 is 1.20 bits per heavy atom. The zero-order valence-corrected chi connectivity index (χ0v) is 14.2. The first-order chi connectivity index (χ1) is 6.68. The molecule has 0 nitrogen and oxygen atoms in total. The van der Waals surface area contributed by atoms with E-state index in [0.29, 0.717) is 0 Å². The number of hydrogen-bond donors (Lipinski definition) is 0. The molecule has 0 saturated heterocycles. The molecule has 4 radical (unpaired) electrons. The van der Waals surface area contributed by atoms with Crippen molar-refractivity contribution < 1.29 is 0 Å². The van der Waals surface area contributed by atoms with Gasteiger partial charge in [-0.05, 0) is 0 Å². The van der Waals surface area contributed by atoms with Crippen LogP contribution in [0.2, 0.25) is 3.43 Å². The van der Waals surface area contributed by atoms with Crippen LogP contribution in [0.1, 0.15) is 78.6 Å². The van der Waals surface area contributed by atoms with Gasteiger partial charge in [-0.25, -0.2) is 0 Å². The van der Waals surface area contributed by atoms with E-state index in [-0.39, 0.29) is 18.9 Å². The molecule has 15 heavy (non-hydrogen) atoms. The quantitative estimate of drug-likeness (QED) is 0.550. The molecular weight excluding hydrogens is 282 g/mol. The van der Waals surface area contributed by atoms with Crippen LogP contribution in [0.25, 0.3) is 0 Å². The Morgan fingerprint density at radius 1 is 0.733 bits per heavy atom. The van der Waals surface area contributed by atoms with Gasteiger partial charge in [0.1, 0.15) is 0 Å². The summed E-state index contributed by atoms with van der Waals surface area (Å²) in [6, 6.07) is 0. The maximum absolute atomic E-state index is 2.32. The minimum absolute atomic E-state index is 0. The zero-order valence-electron chi connectivity index (χ0n) is 11.4. The molecule has 0 aliphatic heterocycles. The third kappa shape index (κ3) is 10.3. The van der Waals surface area contributed by atoms with E-state index in [2.05, 4.69) is 20.8 Å². The van der Waals surface area contributed by atoms with Gasteiger partial charge in [-0.3, -0.25) is 0 Å². The van der Waals surface area contributed by atoms with Crippen molar-refractivity contribution in [1.29, 1.82) is 0 Å². The van der Waals surface area contributed by atoms with Gasteiger partial charge in [-0.15, -0.1) is 0 Å². The third-order valence-corrected chi connectivity index (χ3v) is 5.17. The Hall–Kier alpha value is 1.40. The van der Waals surface area contributed by atoms with E-state index in [1.165, 1.54) is 57.8 Å². The molecule has 0 unspecified atom stereocenters. The van der Waals surface area contributed by atoms with Crippen LogP contribution in [0, 0.1) is 0 Å². The van der Waals surface area contributed by atoms with Gasteiger partial charge in [-0.2, -0.15) is 0 Å². The molecule has 0 aliphatic rings. The summed E-state index contributed by atoms with van der Waals surface area (Å²) in [4.78, 5) is 0. The number of rotatable bonds is 9. The summed E-state index contributed by atoms with van der Waals surface area (Å²) in [5.74, 6) is 0. The van der Waals surface area contributed by atoms with Crippen LogP contribution in [0.15, 0.2) is 0 Å². The second kappa shape index (κ2) is 11.9. The predicted molar refractivity (Wildman–Crippen MR) is 72.8 cm³/mol. The van der Waals surface area contributed by atoms with Gasteiger partial charge in [0.25, 0.3) is 0 Å². The summed E-state index contributed by atoms with van der Waals surface area (Å²) < 4.78 is 0.745. The molecule has 0 aromatic heterocycles. The molecule has 84 valence electrons. The van der Waals surface area contributed by atoms with Crippen LogP contribution in [0.4, 0.5) is 0 Å². The van der Waals surface area contributed by atoms with Crippen molar-refractivity contribution in [3.05, 3.63) is 0 Å². The topological polar surface area (TPSA) is 0 Å². The van der Waals surface area contributed by atoms with Gasteiger partial charge < -0.3 is 0 Å². The van der Waals surface area contributed by atoms with Crippen LogP contribution < -0.4 is 0 Å². The smallest absolute Gasteiger partial charge is 0 e. The van der Waals surface area contributed by atoms with Gasteiger partial charge >= 0.3 is 105 Å². The van der Waals surface area contributed by atoms with Crippen LogP contribution >= 0.6 is 0 Å². The molecule has 0 bridgehead atoms. The maximum atomic E-state index is 2.32. The maximum Gasteiger partial charge on any atom is 0 e. The van der Waals surface area contributed by atoms with Crippen molar-refractivity contribution in [2.75, 3.05) is 0 Å². The van der Waals surface area contributed by atoms with E-state index in [0.717, 1.165) is 3.43 Å². The minimum Gasteiger partial charge on any atom is 0 e. The van der Waals surface area contributed by atoms with Crippen molar-refractivity contribution in [1.82, 2.24) is 0 Å². The largest absolute Gasteiger partial charge is 0 e. The first-order valence-corrected chi connectivity index (χ1v) is 7.86. The average Bonchev–Trinajstić information content (AvgIpc) is 2.21. The van der Waals surface area contributed by atoms with Crippen molar-refractivity contribution in [2.45, 2.75) is 82.0 Å². The first-order valence-electron chi connectivity index (χ1n) is 6.43. The number of hydrogen-bond acceptors (Lipinski definition) is 0. The summed E-state index contributed by atoms with van der Waals surface area (Å²) in [6.45, 7) is 6.95. The molecule has 0 amide bonds. The molecular formula is C13H27LiSn. The molecule has 0 aromatic rings. The fourth-order valence-corrected chi connectivity index (χ4v) is 3.43. The van der Waals surface area contributed by atoms with Gasteiger partial charge in [0.05, 0.1) is 0 Å². The van der Waals surface area contributed by atoms with Gasteiger partial charge in [-0.1, -0.05) is 0 Å². The normalized spacial score (nSPS) is 11.2. The summed E-state index contributed by atoms with van der Waals surface area (Å²) in [6.07, 6.45) is 12.9. The molecule has 2 heteroatoms. The van der Waals surface area contributed by atoms with Crippen molar-refractivity contribution in [3.8, 4) is 0 Å². The first kappa shape index (κ1) is 18.8. The predicted octanol–water partition coefficient (Wildman–Crippen LogP) is 4.50. The molecule has 0 spiro atoms. The molecule has 0 fully saturated rings. The van der Waals surface area contributed by atoms with Crippen LogP contribution in [-0.4, -0.2) is 41.4 Å². The fraction of sp³-hybridized carbons (Fsp3) is 1.00. The zero-order chi connectivity index (χ0) is 10.9.